The molecule has 118 valence electrons. The van der Waals surface area contributed by atoms with Gasteiger partial charge in [-0.05, 0) is 13.3 Å². The van der Waals surface area contributed by atoms with Gasteiger partial charge < -0.3 is 14.5 Å². The van der Waals surface area contributed by atoms with Crippen LogP contribution in [0.5, 0.6) is 0 Å². The van der Waals surface area contributed by atoms with Crippen LogP contribution in [0, 0.1) is 0 Å². The van der Waals surface area contributed by atoms with Crippen molar-refractivity contribution in [3.8, 4) is 0 Å². The zero-order valence-corrected chi connectivity index (χ0v) is 12.6. The quantitative estimate of drug-likeness (QED) is 0.475. The van der Waals surface area contributed by atoms with E-state index in [0.29, 0.717) is 13.0 Å². The van der Waals surface area contributed by atoms with Crippen LogP contribution in [0.2, 0.25) is 0 Å². The van der Waals surface area contributed by atoms with Crippen molar-refractivity contribution in [2.24, 2.45) is 0 Å². The summed E-state index contributed by atoms with van der Waals surface area (Å²) in [5, 5.41) is 0. The number of carbonyl (C=O) groups is 4. The van der Waals surface area contributed by atoms with E-state index in [1.807, 2.05) is 0 Å². The van der Waals surface area contributed by atoms with Crippen LogP contribution in [-0.4, -0.2) is 78.9 Å². The predicted molar refractivity (Wildman–Crippen MR) is 73.2 cm³/mol. The Bertz CT molecular complexity index is 438. The molecule has 0 bridgehead atoms. The lowest BCUT2D eigenvalue weighted by Gasteiger charge is -2.20. The summed E-state index contributed by atoms with van der Waals surface area (Å²) in [6.07, 6.45) is 0.549. The zero-order valence-electron chi connectivity index (χ0n) is 12.6. The van der Waals surface area contributed by atoms with Gasteiger partial charge in [-0.15, -0.1) is 0 Å². The van der Waals surface area contributed by atoms with E-state index in [0.717, 1.165) is 4.90 Å². The lowest BCUT2D eigenvalue weighted by Crippen LogP contribution is -2.37. The first-order valence-electron chi connectivity index (χ1n) is 6.80. The van der Waals surface area contributed by atoms with Crippen LogP contribution in [0.3, 0.4) is 0 Å². The molecule has 0 N–H and O–H groups in total. The number of ether oxygens (including phenoxy) is 1. The summed E-state index contributed by atoms with van der Waals surface area (Å²) >= 11 is 0. The summed E-state index contributed by atoms with van der Waals surface area (Å²) in [7, 11) is 2.82. The number of carbonyl (C=O) groups excluding carboxylic acids is 4. The number of amides is 4. The summed E-state index contributed by atoms with van der Waals surface area (Å²) in [5.74, 6) is -0.927. The molecule has 21 heavy (non-hydrogen) atoms. The highest BCUT2D eigenvalue weighted by Gasteiger charge is 2.33. The Morgan fingerprint density at radius 1 is 1.33 bits per heavy atom. The van der Waals surface area contributed by atoms with Gasteiger partial charge in [0.1, 0.15) is 13.1 Å². The monoisotopic (exact) mass is 299 g/mol. The van der Waals surface area contributed by atoms with Crippen LogP contribution < -0.4 is 0 Å². The fourth-order valence-electron chi connectivity index (χ4n) is 2.03. The van der Waals surface area contributed by atoms with Crippen LogP contribution in [-0.2, 0) is 19.1 Å². The molecule has 0 radical (unpaired) electrons. The molecule has 1 fully saturated rings. The average molecular weight is 299 g/mol. The van der Waals surface area contributed by atoms with E-state index in [1.165, 1.54) is 16.9 Å². The van der Waals surface area contributed by atoms with Crippen LogP contribution in [0.15, 0.2) is 0 Å². The van der Waals surface area contributed by atoms with Gasteiger partial charge in [0, 0.05) is 26.6 Å². The molecule has 1 aliphatic heterocycles. The molecule has 0 spiro atoms. The van der Waals surface area contributed by atoms with Crippen molar-refractivity contribution in [1.29, 1.82) is 0 Å². The molecule has 8 heteroatoms. The molecule has 0 unspecified atom stereocenters. The maximum absolute atomic E-state index is 11.9. The Morgan fingerprint density at radius 2 is 2.00 bits per heavy atom. The molecule has 1 saturated heterocycles. The molecule has 0 atom stereocenters. The molecule has 0 aromatic heterocycles. The van der Waals surface area contributed by atoms with Gasteiger partial charge in [0.2, 0.25) is 11.8 Å². The highest BCUT2D eigenvalue weighted by molar-refractivity contribution is 6.01. The normalized spacial score (nSPS) is 14.6. The topological polar surface area (TPSA) is 87.2 Å². The highest BCUT2D eigenvalue weighted by atomic mass is 16.5. The van der Waals surface area contributed by atoms with Gasteiger partial charge in [-0.25, -0.2) is 4.79 Å². The van der Waals surface area contributed by atoms with Crippen molar-refractivity contribution < 1.29 is 23.9 Å². The predicted octanol–water partition coefficient (Wildman–Crippen LogP) is -0.318. The highest BCUT2D eigenvalue weighted by Crippen LogP contribution is 2.09. The molecule has 0 aliphatic carbocycles. The van der Waals surface area contributed by atoms with Gasteiger partial charge in [0.15, 0.2) is 0 Å². The Hall–Kier alpha value is -2.12. The molecule has 1 heterocycles. The van der Waals surface area contributed by atoms with E-state index >= 15 is 0 Å². The third-order valence-electron chi connectivity index (χ3n) is 3.29. The number of hydrogen-bond donors (Lipinski definition) is 0. The van der Waals surface area contributed by atoms with Crippen LogP contribution in [0.25, 0.3) is 0 Å². The first-order chi connectivity index (χ1) is 9.90. The minimum atomic E-state index is -0.475. The fraction of sp³-hybridized carbons (Fsp3) is 0.692. The minimum Gasteiger partial charge on any atom is -0.468 e. The van der Waals surface area contributed by atoms with Crippen LogP contribution >= 0.6 is 0 Å². The Kier molecular flexibility index (Phi) is 6.13. The zero-order chi connectivity index (χ0) is 16.0. The fourth-order valence-corrected chi connectivity index (χ4v) is 2.03. The SMILES string of the molecule is CCN(CC(=O)OC)C(=O)CCCN1C(=O)CN(C)C1=O. The number of rotatable bonds is 7. The van der Waals surface area contributed by atoms with E-state index in [4.69, 9.17) is 0 Å². The molecule has 8 nitrogen and oxygen atoms in total. The molecule has 0 aromatic carbocycles. The third kappa shape index (κ3) is 4.44. The van der Waals surface area contributed by atoms with Crippen molar-refractivity contribution in [3.05, 3.63) is 0 Å². The smallest absolute Gasteiger partial charge is 0.326 e. The van der Waals surface area contributed by atoms with E-state index in [1.54, 1.807) is 14.0 Å². The molecular formula is C13H21N3O5. The second-order valence-electron chi connectivity index (χ2n) is 4.77. The molecule has 0 aromatic rings. The average Bonchev–Trinajstić information content (AvgIpc) is 2.70. The maximum atomic E-state index is 11.9. The summed E-state index contributed by atoms with van der Waals surface area (Å²) in [5.41, 5.74) is 0. The van der Waals surface area contributed by atoms with Gasteiger partial charge in [-0.3, -0.25) is 19.3 Å². The number of hydrogen-bond acceptors (Lipinski definition) is 5. The molecular weight excluding hydrogens is 278 g/mol. The Morgan fingerprint density at radius 3 is 2.48 bits per heavy atom. The standard InChI is InChI=1S/C13H21N3O5/c1-4-15(9-12(19)21-3)10(17)6-5-7-16-11(18)8-14(2)13(16)20/h4-9H2,1-3H3. The lowest BCUT2D eigenvalue weighted by molar-refractivity contribution is -0.146. The van der Waals surface area contributed by atoms with Gasteiger partial charge in [0.05, 0.1) is 7.11 Å². The Labute approximate surface area is 123 Å². The number of urea groups is 1. The van der Waals surface area contributed by atoms with Gasteiger partial charge >= 0.3 is 12.0 Å². The number of imide groups is 1. The van der Waals surface area contributed by atoms with Crippen molar-refractivity contribution in [2.75, 3.05) is 40.3 Å². The van der Waals surface area contributed by atoms with Crippen molar-refractivity contribution in [2.45, 2.75) is 19.8 Å². The molecule has 1 rings (SSSR count). The van der Waals surface area contributed by atoms with Crippen molar-refractivity contribution in [3.63, 3.8) is 0 Å². The largest absolute Gasteiger partial charge is 0.468 e. The van der Waals surface area contributed by atoms with E-state index < -0.39 is 5.97 Å². The van der Waals surface area contributed by atoms with E-state index in [-0.39, 0.29) is 43.9 Å². The molecule has 0 saturated carbocycles. The summed E-state index contributed by atoms with van der Waals surface area (Å²) < 4.78 is 4.52. The number of esters is 1. The van der Waals surface area contributed by atoms with Gasteiger partial charge in [-0.1, -0.05) is 0 Å². The Balaban J connectivity index is 2.40. The lowest BCUT2D eigenvalue weighted by atomic mass is 10.2. The van der Waals surface area contributed by atoms with Crippen molar-refractivity contribution >= 4 is 23.8 Å². The number of nitrogens with zero attached hydrogens (tertiary/aromatic N) is 3. The van der Waals surface area contributed by atoms with Crippen LogP contribution in [0.1, 0.15) is 19.8 Å². The third-order valence-corrected chi connectivity index (χ3v) is 3.29. The van der Waals surface area contributed by atoms with Gasteiger partial charge in [-0.2, -0.15) is 0 Å². The van der Waals surface area contributed by atoms with Crippen molar-refractivity contribution in [1.82, 2.24) is 14.7 Å². The summed E-state index contributed by atoms with van der Waals surface area (Å²) in [6, 6.07) is -0.339. The second kappa shape index (κ2) is 7.61. The summed E-state index contributed by atoms with van der Waals surface area (Å²) in [6.45, 7) is 2.37. The molecule has 4 amide bonds. The first-order valence-corrected chi connectivity index (χ1v) is 6.80. The minimum absolute atomic E-state index is 0.0796. The van der Waals surface area contributed by atoms with E-state index in [2.05, 4.69) is 4.74 Å². The first kappa shape index (κ1) is 16.9. The number of methoxy groups -OCH3 is 1. The van der Waals surface area contributed by atoms with Gasteiger partial charge in [0.25, 0.3) is 0 Å². The van der Waals surface area contributed by atoms with Crippen LogP contribution in [0.4, 0.5) is 4.79 Å². The molecule has 1 aliphatic rings. The second-order valence-corrected chi connectivity index (χ2v) is 4.77. The maximum Gasteiger partial charge on any atom is 0.326 e. The van der Waals surface area contributed by atoms with E-state index in [9.17, 15) is 19.2 Å². The summed E-state index contributed by atoms with van der Waals surface area (Å²) in [4.78, 5) is 50.2. The number of likely N-dealkylation sites (N-methyl/N-ethyl adjacent to an activating group) is 2.